The third-order valence-electron chi connectivity index (χ3n) is 4.23. The second kappa shape index (κ2) is 15.3. The molecule has 0 saturated heterocycles. The van der Waals surface area contributed by atoms with Gasteiger partial charge in [0.15, 0.2) is 6.10 Å². The van der Waals surface area contributed by atoms with Crippen LogP contribution in [0.2, 0.25) is 0 Å². The van der Waals surface area contributed by atoms with Crippen LogP contribution in [0.1, 0.15) is 86.5 Å². The quantitative estimate of drug-likeness (QED) is 0.225. The predicted molar refractivity (Wildman–Crippen MR) is 109 cm³/mol. The van der Waals surface area contributed by atoms with E-state index in [4.69, 9.17) is 14.2 Å². The van der Waals surface area contributed by atoms with E-state index < -0.39 is 12.1 Å². The zero-order valence-electron chi connectivity index (χ0n) is 18.6. The minimum Gasteiger partial charge on any atom is -0.462 e. The molecule has 0 unspecified atom stereocenters. The van der Waals surface area contributed by atoms with Gasteiger partial charge >= 0.3 is 17.9 Å². The third kappa shape index (κ3) is 14.5. The first-order valence-electron chi connectivity index (χ1n) is 10.7. The molecule has 0 saturated carbocycles. The van der Waals surface area contributed by atoms with E-state index >= 15 is 0 Å². The predicted octanol–water partition coefficient (Wildman–Crippen LogP) is 4.68. The van der Waals surface area contributed by atoms with Crippen LogP contribution >= 0.6 is 0 Å². The number of unbranched alkanes of at least 4 members (excludes halogenated alkanes) is 4. The van der Waals surface area contributed by atoms with Crippen molar-refractivity contribution < 1.29 is 28.6 Å². The number of rotatable bonds is 15. The molecule has 164 valence electrons. The molecule has 0 radical (unpaired) electrons. The Hall–Kier alpha value is -1.59. The van der Waals surface area contributed by atoms with E-state index in [0.29, 0.717) is 6.42 Å². The van der Waals surface area contributed by atoms with Gasteiger partial charge in [0.25, 0.3) is 0 Å². The van der Waals surface area contributed by atoms with Crippen molar-refractivity contribution in [2.45, 2.75) is 92.6 Å². The Morgan fingerprint density at radius 3 is 1.79 bits per heavy atom. The van der Waals surface area contributed by atoms with Crippen LogP contribution in [0.15, 0.2) is 0 Å². The van der Waals surface area contributed by atoms with Crippen molar-refractivity contribution in [1.29, 1.82) is 0 Å². The summed E-state index contributed by atoms with van der Waals surface area (Å²) in [6, 6.07) is 0. The minimum atomic E-state index is -0.780. The number of carbonyl (C=O) groups is 3. The van der Waals surface area contributed by atoms with Gasteiger partial charge in [-0.15, -0.1) is 0 Å². The Morgan fingerprint density at radius 1 is 0.679 bits per heavy atom. The lowest BCUT2D eigenvalue weighted by Crippen LogP contribution is -2.32. The van der Waals surface area contributed by atoms with Gasteiger partial charge < -0.3 is 14.2 Å². The smallest absolute Gasteiger partial charge is 0.308 e. The molecule has 0 heterocycles. The molecule has 0 aromatic heterocycles. The second-order valence-electron chi connectivity index (χ2n) is 8.38. The Balaban J connectivity index is 4.16. The van der Waals surface area contributed by atoms with Crippen molar-refractivity contribution >= 4 is 17.9 Å². The van der Waals surface area contributed by atoms with E-state index in [1.807, 2.05) is 0 Å². The van der Waals surface area contributed by atoms with Gasteiger partial charge in [-0.25, -0.2) is 0 Å². The molecule has 6 heteroatoms. The molecule has 0 rings (SSSR count). The number of esters is 3. The number of hydrogen-bond acceptors (Lipinski definition) is 6. The zero-order chi connectivity index (χ0) is 21.5. The lowest BCUT2D eigenvalue weighted by molar-refractivity contribution is -0.170. The fourth-order valence-corrected chi connectivity index (χ4v) is 2.37. The minimum absolute atomic E-state index is 0.100. The number of ether oxygens (including phenoxy) is 3. The van der Waals surface area contributed by atoms with Crippen molar-refractivity contribution in [3.05, 3.63) is 0 Å². The van der Waals surface area contributed by atoms with Gasteiger partial charge in [0.05, 0.1) is 11.8 Å². The molecule has 28 heavy (non-hydrogen) atoms. The maximum Gasteiger partial charge on any atom is 0.308 e. The molecule has 6 nitrogen and oxygen atoms in total. The summed E-state index contributed by atoms with van der Waals surface area (Å²) in [6.07, 6.45) is 6.17. The lowest BCUT2D eigenvalue weighted by Gasteiger charge is -2.19. The highest BCUT2D eigenvalue weighted by atomic mass is 16.6. The van der Waals surface area contributed by atoms with Crippen LogP contribution in [0.25, 0.3) is 0 Å². The SMILES string of the molecule is CC(C)CCCCCCCC(=O)OC[C@@H](COC(=O)C(C)C)OC(=O)C(C)C. The van der Waals surface area contributed by atoms with E-state index in [-0.39, 0.29) is 37.0 Å². The first-order valence-corrected chi connectivity index (χ1v) is 10.7. The van der Waals surface area contributed by atoms with Gasteiger partial charge in [0.2, 0.25) is 0 Å². The van der Waals surface area contributed by atoms with Crippen LogP contribution in [0.4, 0.5) is 0 Å². The van der Waals surface area contributed by atoms with Crippen LogP contribution in [0.5, 0.6) is 0 Å². The third-order valence-corrected chi connectivity index (χ3v) is 4.23. The summed E-state index contributed by atoms with van der Waals surface area (Å²) in [5.74, 6) is -0.952. The highest BCUT2D eigenvalue weighted by molar-refractivity contribution is 5.72. The van der Waals surface area contributed by atoms with Crippen molar-refractivity contribution in [2.75, 3.05) is 13.2 Å². The summed E-state index contributed by atoms with van der Waals surface area (Å²) in [6.45, 7) is 11.1. The molecule has 0 aliphatic rings. The Morgan fingerprint density at radius 2 is 1.21 bits per heavy atom. The lowest BCUT2D eigenvalue weighted by atomic mass is 10.0. The van der Waals surface area contributed by atoms with Crippen LogP contribution in [-0.2, 0) is 28.6 Å². The first kappa shape index (κ1) is 26.4. The Bertz CT molecular complexity index is 456. The largest absolute Gasteiger partial charge is 0.462 e. The Kier molecular flexibility index (Phi) is 14.5. The second-order valence-corrected chi connectivity index (χ2v) is 8.38. The molecule has 0 bridgehead atoms. The molecule has 1 atom stereocenters. The van der Waals surface area contributed by atoms with Gasteiger partial charge in [-0.3, -0.25) is 14.4 Å². The summed E-state index contributed by atoms with van der Waals surface area (Å²) in [5.41, 5.74) is 0. The van der Waals surface area contributed by atoms with E-state index in [0.717, 1.165) is 25.2 Å². The normalized spacial score (nSPS) is 12.3. The molecule has 0 aromatic rings. The van der Waals surface area contributed by atoms with Crippen LogP contribution in [0.3, 0.4) is 0 Å². The molecule has 0 N–H and O–H groups in total. The molecule has 0 spiro atoms. The first-order chi connectivity index (χ1) is 13.1. The van der Waals surface area contributed by atoms with Crippen LogP contribution in [0, 0.1) is 17.8 Å². The molecular formula is C22H40O6. The highest BCUT2D eigenvalue weighted by Gasteiger charge is 2.21. The van der Waals surface area contributed by atoms with E-state index in [1.165, 1.54) is 19.3 Å². The summed E-state index contributed by atoms with van der Waals surface area (Å²) in [5, 5.41) is 0. The van der Waals surface area contributed by atoms with Gasteiger partial charge in [0, 0.05) is 6.42 Å². The molecule has 0 aromatic carbocycles. The standard InChI is InChI=1S/C22H40O6/c1-16(2)12-10-8-7-9-11-13-20(23)26-14-19(28-22(25)18(5)6)15-27-21(24)17(3)4/h16-19H,7-15H2,1-6H3/t19-/m0/s1. The summed E-state index contributed by atoms with van der Waals surface area (Å²) in [4.78, 5) is 35.4. The van der Waals surface area contributed by atoms with Crippen LogP contribution in [-0.4, -0.2) is 37.2 Å². The van der Waals surface area contributed by atoms with Crippen molar-refractivity contribution in [2.24, 2.45) is 17.8 Å². The average Bonchev–Trinajstić information content (AvgIpc) is 2.62. The maximum atomic E-state index is 11.9. The Labute approximate surface area is 170 Å². The summed E-state index contributed by atoms with van der Waals surface area (Å²) in [7, 11) is 0. The fourth-order valence-electron chi connectivity index (χ4n) is 2.37. The number of hydrogen-bond donors (Lipinski definition) is 0. The fraction of sp³-hybridized carbons (Fsp3) is 0.864. The monoisotopic (exact) mass is 400 g/mol. The van der Waals surface area contributed by atoms with Crippen molar-refractivity contribution in [3.63, 3.8) is 0 Å². The van der Waals surface area contributed by atoms with Crippen LogP contribution < -0.4 is 0 Å². The van der Waals surface area contributed by atoms with E-state index in [2.05, 4.69) is 13.8 Å². The zero-order valence-corrected chi connectivity index (χ0v) is 18.6. The van der Waals surface area contributed by atoms with E-state index in [9.17, 15) is 14.4 Å². The average molecular weight is 401 g/mol. The van der Waals surface area contributed by atoms with Gasteiger partial charge in [-0.2, -0.15) is 0 Å². The molecule has 0 fully saturated rings. The maximum absolute atomic E-state index is 11.9. The van der Waals surface area contributed by atoms with Gasteiger partial charge in [-0.05, 0) is 12.3 Å². The molecular weight excluding hydrogens is 360 g/mol. The topological polar surface area (TPSA) is 78.9 Å². The number of carbonyl (C=O) groups excluding carboxylic acids is 3. The molecule has 0 amide bonds. The van der Waals surface area contributed by atoms with E-state index in [1.54, 1.807) is 27.7 Å². The van der Waals surface area contributed by atoms with Gasteiger partial charge in [-0.1, -0.05) is 73.6 Å². The summed E-state index contributed by atoms with van der Waals surface area (Å²) >= 11 is 0. The van der Waals surface area contributed by atoms with Crippen molar-refractivity contribution in [3.8, 4) is 0 Å². The molecule has 0 aliphatic carbocycles. The summed E-state index contributed by atoms with van der Waals surface area (Å²) < 4.78 is 15.6. The van der Waals surface area contributed by atoms with Crippen molar-refractivity contribution in [1.82, 2.24) is 0 Å². The highest BCUT2D eigenvalue weighted by Crippen LogP contribution is 2.12. The molecule has 0 aliphatic heterocycles. The van der Waals surface area contributed by atoms with Gasteiger partial charge in [0.1, 0.15) is 13.2 Å².